The van der Waals surface area contributed by atoms with Crippen molar-refractivity contribution >= 4 is 16.5 Å². The van der Waals surface area contributed by atoms with Crippen molar-refractivity contribution in [2.24, 2.45) is 0 Å². The van der Waals surface area contributed by atoms with Gasteiger partial charge in [0.25, 0.3) is 0 Å². The van der Waals surface area contributed by atoms with Gasteiger partial charge in [-0.3, -0.25) is 0 Å². The van der Waals surface area contributed by atoms with Gasteiger partial charge in [-0.25, -0.2) is 4.98 Å². The van der Waals surface area contributed by atoms with Gasteiger partial charge in [0.05, 0.1) is 5.69 Å². The Morgan fingerprint density at radius 2 is 2.17 bits per heavy atom. The zero-order valence-corrected chi connectivity index (χ0v) is 12.2. The van der Waals surface area contributed by atoms with E-state index >= 15 is 0 Å². The number of thiazole rings is 1. The molecular weight excluding hydrogens is 242 g/mol. The van der Waals surface area contributed by atoms with Crippen LogP contribution in [0.25, 0.3) is 0 Å². The molecule has 1 aromatic rings. The monoisotopic (exact) mass is 265 g/mol. The Morgan fingerprint density at radius 3 is 2.83 bits per heavy atom. The van der Waals surface area contributed by atoms with Crippen LogP contribution >= 0.6 is 11.3 Å². The zero-order valence-electron chi connectivity index (χ0n) is 11.4. The molecule has 3 rings (SSSR count). The lowest BCUT2D eigenvalue weighted by atomic mass is 10.0. The summed E-state index contributed by atoms with van der Waals surface area (Å²) in [4.78, 5) is 8.96. The first-order valence-electron chi connectivity index (χ1n) is 7.20. The van der Waals surface area contributed by atoms with E-state index in [0.29, 0.717) is 6.04 Å². The van der Waals surface area contributed by atoms with E-state index in [4.69, 9.17) is 4.98 Å². The van der Waals surface area contributed by atoms with Crippen molar-refractivity contribution in [3.63, 3.8) is 0 Å². The molecule has 0 spiro atoms. The van der Waals surface area contributed by atoms with E-state index in [9.17, 15) is 0 Å². The van der Waals surface area contributed by atoms with Crippen molar-refractivity contribution in [2.45, 2.75) is 57.5 Å². The summed E-state index contributed by atoms with van der Waals surface area (Å²) in [6.07, 6.45) is 6.70. The molecule has 3 nitrogen and oxygen atoms in total. The highest BCUT2D eigenvalue weighted by Crippen LogP contribution is 2.44. The molecular formula is C14H23N3S. The largest absolute Gasteiger partial charge is 0.345 e. The van der Waals surface area contributed by atoms with Gasteiger partial charge >= 0.3 is 0 Å². The second-order valence-electron chi connectivity index (χ2n) is 5.65. The number of rotatable bonds is 4. The molecule has 2 fully saturated rings. The first-order chi connectivity index (χ1) is 8.79. The van der Waals surface area contributed by atoms with Crippen molar-refractivity contribution < 1.29 is 0 Å². The molecule has 4 heteroatoms. The molecule has 100 valence electrons. The van der Waals surface area contributed by atoms with E-state index in [1.165, 1.54) is 54.4 Å². The van der Waals surface area contributed by atoms with Crippen LogP contribution in [0.3, 0.4) is 0 Å². The van der Waals surface area contributed by atoms with E-state index in [-0.39, 0.29) is 0 Å². The van der Waals surface area contributed by atoms with Gasteiger partial charge in [-0.2, -0.15) is 0 Å². The normalized spacial score (nSPS) is 24.6. The molecule has 1 N–H and O–H groups in total. The molecule has 2 heterocycles. The van der Waals surface area contributed by atoms with Gasteiger partial charge in [0.1, 0.15) is 0 Å². The van der Waals surface area contributed by atoms with Crippen LogP contribution in [0.2, 0.25) is 0 Å². The molecule has 0 bridgehead atoms. The first-order valence-corrected chi connectivity index (χ1v) is 8.02. The van der Waals surface area contributed by atoms with Gasteiger partial charge in [0.2, 0.25) is 0 Å². The number of piperidine rings is 1. The van der Waals surface area contributed by atoms with Crippen molar-refractivity contribution in [3.05, 3.63) is 10.6 Å². The second kappa shape index (κ2) is 5.17. The maximum Gasteiger partial charge on any atom is 0.186 e. The Labute approximate surface area is 114 Å². The Balaban J connectivity index is 1.84. The molecule has 2 aliphatic rings. The highest BCUT2D eigenvalue weighted by atomic mass is 32.1. The van der Waals surface area contributed by atoms with E-state index < -0.39 is 0 Å². The summed E-state index contributed by atoms with van der Waals surface area (Å²) in [5.74, 6) is 0.762. The average Bonchev–Trinajstić information content (AvgIpc) is 3.13. The number of nitrogens with zero attached hydrogens (tertiary/aromatic N) is 2. The molecule has 0 aromatic carbocycles. The second-order valence-corrected chi connectivity index (χ2v) is 6.71. The molecule has 0 radical (unpaired) electrons. The van der Waals surface area contributed by atoms with Crippen LogP contribution < -0.4 is 10.2 Å². The number of nitrogens with one attached hydrogen (secondary N) is 1. The maximum absolute atomic E-state index is 4.97. The Morgan fingerprint density at radius 1 is 1.33 bits per heavy atom. The fraction of sp³-hybridized carbons (Fsp3) is 0.786. The lowest BCUT2D eigenvalue weighted by Crippen LogP contribution is -2.37. The summed E-state index contributed by atoms with van der Waals surface area (Å²) < 4.78 is 0. The molecule has 0 amide bonds. The number of aromatic nitrogens is 1. The van der Waals surface area contributed by atoms with Gasteiger partial charge in [-0.15, -0.1) is 11.3 Å². The van der Waals surface area contributed by atoms with Gasteiger partial charge in [-0.05, 0) is 46.1 Å². The molecule has 1 atom stereocenters. The van der Waals surface area contributed by atoms with Crippen LogP contribution in [0, 0.1) is 0 Å². The summed E-state index contributed by atoms with van der Waals surface area (Å²) in [6.45, 7) is 4.51. The van der Waals surface area contributed by atoms with Gasteiger partial charge in [0.15, 0.2) is 5.13 Å². The van der Waals surface area contributed by atoms with Crippen LogP contribution in [0.4, 0.5) is 5.13 Å². The summed E-state index contributed by atoms with van der Waals surface area (Å²) >= 11 is 1.91. The van der Waals surface area contributed by atoms with Crippen molar-refractivity contribution in [3.8, 4) is 0 Å². The molecule has 18 heavy (non-hydrogen) atoms. The van der Waals surface area contributed by atoms with Crippen LogP contribution in [0.1, 0.15) is 55.5 Å². The van der Waals surface area contributed by atoms with Crippen LogP contribution in [-0.4, -0.2) is 24.6 Å². The SMILES string of the molecule is CNCc1sc(N2CCCCC2C)nc1C1CC1. The van der Waals surface area contributed by atoms with Gasteiger partial charge in [-0.1, -0.05) is 0 Å². The topological polar surface area (TPSA) is 28.2 Å². The van der Waals surface area contributed by atoms with Crippen LogP contribution in [0.5, 0.6) is 0 Å². The highest BCUT2D eigenvalue weighted by Gasteiger charge is 2.31. The minimum absolute atomic E-state index is 0.666. The minimum atomic E-state index is 0.666. The highest BCUT2D eigenvalue weighted by molar-refractivity contribution is 7.15. The predicted octanol–water partition coefficient (Wildman–Crippen LogP) is 3.12. The summed E-state index contributed by atoms with van der Waals surface area (Å²) in [7, 11) is 2.03. The molecule has 1 aliphatic heterocycles. The number of hydrogen-bond acceptors (Lipinski definition) is 4. The average molecular weight is 265 g/mol. The summed E-state index contributed by atoms with van der Waals surface area (Å²) in [6, 6.07) is 0.666. The third-order valence-corrected chi connectivity index (χ3v) is 5.17. The van der Waals surface area contributed by atoms with E-state index in [0.717, 1.165) is 12.5 Å². The zero-order chi connectivity index (χ0) is 12.5. The van der Waals surface area contributed by atoms with Crippen molar-refractivity contribution in [1.82, 2.24) is 10.3 Å². The Kier molecular flexibility index (Phi) is 3.57. The van der Waals surface area contributed by atoms with E-state index in [2.05, 4.69) is 17.1 Å². The standard InChI is InChI=1S/C14H23N3S/c1-10-5-3-4-8-17(10)14-16-13(11-6-7-11)12(18-14)9-15-2/h10-11,15H,3-9H2,1-2H3. The van der Waals surface area contributed by atoms with E-state index in [1.54, 1.807) is 0 Å². The fourth-order valence-electron chi connectivity index (χ4n) is 2.82. The Bertz CT molecular complexity index is 411. The smallest absolute Gasteiger partial charge is 0.186 e. The van der Waals surface area contributed by atoms with Crippen molar-refractivity contribution in [1.29, 1.82) is 0 Å². The maximum atomic E-state index is 4.97. The summed E-state index contributed by atoms with van der Waals surface area (Å²) in [5, 5.41) is 4.56. The van der Waals surface area contributed by atoms with Gasteiger partial charge in [0, 0.05) is 29.9 Å². The summed E-state index contributed by atoms with van der Waals surface area (Å²) in [5.41, 5.74) is 1.39. The Hall–Kier alpha value is -0.610. The van der Waals surface area contributed by atoms with E-state index in [1.807, 2.05) is 18.4 Å². The number of hydrogen-bond donors (Lipinski definition) is 1. The third-order valence-electron chi connectivity index (χ3n) is 4.07. The predicted molar refractivity (Wildman–Crippen MR) is 77.5 cm³/mol. The van der Waals surface area contributed by atoms with Crippen LogP contribution in [0.15, 0.2) is 0 Å². The molecule has 1 unspecified atom stereocenters. The van der Waals surface area contributed by atoms with Crippen LogP contribution in [-0.2, 0) is 6.54 Å². The quantitative estimate of drug-likeness (QED) is 0.906. The van der Waals surface area contributed by atoms with Crippen molar-refractivity contribution in [2.75, 3.05) is 18.5 Å². The lowest BCUT2D eigenvalue weighted by molar-refractivity contribution is 0.484. The minimum Gasteiger partial charge on any atom is -0.345 e. The molecule has 1 aliphatic carbocycles. The number of anilines is 1. The lowest BCUT2D eigenvalue weighted by Gasteiger charge is -2.33. The fourth-order valence-corrected chi connectivity index (χ4v) is 4.11. The molecule has 1 saturated heterocycles. The van der Waals surface area contributed by atoms with Gasteiger partial charge < -0.3 is 10.2 Å². The molecule has 1 aromatic heterocycles. The first kappa shape index (κ1) is 12.4. The third kappa shape index (κ3) is 2.41. The molecule has 1 saturated carbocycles.